The molecule has 0 heterocycles. The molecule has 3 aromatic carbocycles. The summed E-state index contributed by atoms with van der Waals surface area (Å²) in [5.41, 5.74) is 1.09. The predicted molar refractivity (Wildman–Crippen MR) is 124 cm³/mol. The van der Waals surface area contributed by atoms with Gasteiger partial charge in [-0.1, -0.05) is 35.3 Å². The average molecular weight is 484 g/mol. The van der Waals surface area contributed by atoms with Crippen LogP contribution in [0.15, 0.2) is 66.2 Å². The number of rotatable bonds is 7. The fraction of sp³-hybridized carbons (Fsp3) is 0.0435. The van der Waals surface area contributed by atoms with Crippen LogP contribution in [-0.4, -0.2) is 15.9 Å². The number of anilines is 1. The van der Waals surface area contributed by atoms with E-state index in [9.17, 15) is 25.3 Å². The zero-order valence-electron chi connectivity index (χ0n) is 16.8. The van der Waals surface area contributed by atoms with Gasteiger partial charge in [-0.15, -0.1) is 0 Å². The predicted octanol–water partition coefficient (Wildman–Crippen LogP) is 5.73. The topological polar surface area (TPSA) is 125 Å². The van der Waals surface area contributed by atoms with Crippen LogP contribution in [0.3, 0.4) is 0 Å². The van der Waals surface area contributed by atoms with Gasteiger partial charge in [0.25, 0.3) is 11.6 Å². The van der Waals surface area contributed by atoms with E-state index in [-0.39, 0.29) is 39.4 Å². The standard InChI is InChI=1S/C23H15Cl2N3O5/c24-20-10-15(8-16(12-26)23(30)27-17-4-6-19(29)7-5-17)11-21(25)22(20)33-13-14-2-1-3-18(9-14)28(31)32/h1-11,29H,13H2,(H,27,30). The molecule has 3 aromatic rings. The smallest absolute Gasteiger partial charge is 0.269 e. The molecule has 33 heavy (non-hydrogen) atoms. The summed E-state index contributed by atoms with van der Waals surface area (Å²) in [5, 5.41) is 32.4. The highest BCUT2D eigenvalue weighted by molar-refractivity contribution is 6.37. The Labute approximate surface area is 198 Å². The number of ether oxygens (including phenoxy) is 1. The van der Waals surface area contributed by atoms with Crippen molar-refractivity contribution >= 4 is 46.6 Å². The van der Waals surface area contributed by atoms with Gasteiger partial charge in [-0.3, -0.25) is 14.9 Å². The Morgan fingerprint density at radius 2 is 1.82 bits per heavy atom. The Hall–Kier alpha value is -4.06. The molecule has 0 saturated carbocycles. The number of aromatic hydroxyl groups is 1. The number of nitro groups is 1. The molecule has 2 N–H and O–H groups in total. The van der Waals surface area contributed by atoms with Crippen molar-refractivity contribution in [2.24, 2.45) is 0 Å². The van der Waals surface area contributed by atoms with Gasteiger partial charge in [0, 0.05) is 17.8 Å². The van der Waals surface area contributed by atoms with Gasteiger partial charge >= 0.3 is 0 Å². The van der Waals surface area contributed by atoms with Gasteiger partial charge in [-0.2, -0.15) is 5.26 Å². The molecular formula is C23H15Cl2N3O5. The maximum atomic E-state index is 12.4. The summed E-state index contributed by atoms with van der Waals surface area (Å²) < 4.78 is 5.64. The number of hydrogen-bond acceptors (Lipinski definition) is 6. The van der Waals surface area contributed by atoms with Crippen molar-refractivity contribution in [3.8, 4) is 17.6 Å². The first-order valence-electron chi connectivity index (χ1n) is 9.34. The van der Waals surface area contributed by atoms with Gasteiger partial charge in [0.15, 0.2) is 5.75 Å². The Morgan fingerprint density at radius 3 is 2.42 bits per heavy atom. The summed E-state index contributed by atoms with van der Waals surface area (Å²) >= 11 is 12.6. The Morgan fingerprint density at radius 1 is 1.15 bits per heavy atom. The van der Waals surface area contributed by atoms with Crippen molar-refractivity contribution in [1.82, 2.24) is 0 Å². The fourth-order valence-corrected chi connectivity index (χ4v) is 3.39. The molecule has 166 valence electrons. The van der Waals surface area contributed by atoms with Crippen LogP contribution in [-0.2, 0) is 11.4 Å². The highest BCUT2D eigenvalue weighted by Crippen LogP contribution is 2.35. The van der Waals surface area contributed by atoms with Crippen LogP contribution >= 0.6 is 23.2 Å². The Balaban J connectivity index is 1.76. The number of carbonyl (C=O) groups excluding carboxylic acids is 1. The molecule has 0 fully saturated rings. The lowest BCUT2D eigenvalue weighted by Crippen LogP contribution is -2.13. The van der Waals surface area contributed by atoms with E-state index in [1.54, 1.807) is 12.1 Å². The number of nitrogens with zero attached hydrogens (tertiary/aromatic N) is 2. The lowest BCUT2D eigenvalue weighted by Gasteiger charge is -2.11. The number of halogens is 2. The summed E-state index contributed by atoms with van der Waals surface area (Å²) in [7, 11) is 0. The van der Waals surface area contributed by atoms with Crippen LogP contribution in [0.4, 0.5) is 11.4 Å². The summed E-state index contributed by atoms with van der Waals surface area (Å²) in [6.07, 6.45) is 1.32. The molecule has 0 aliphatic heterocycles. The average Bonchev–Trinajstić information content (AvgIpc) is 2.78. The number of phenols is 1. The third-order valence-electron chi connectivity index (χ3n) is 4.33. The number of amides is 1. The van der Waals surface area contributed by atoms with Crippen LogP contribution in [0, 0.1) is 21.4 Å². The van der Waals surface area contributed by atoms with Crippen LogP contribution in [0.5, 0.6) is 11.5 Å². The highest BCUT2D eigenvalue weighted by atomic mass is 35.5. The van der Waals surface area contributed by atoms with Gasteiger partial charge in [-0.25, -0.2) is 0 Å². The lowest BCUT2D eigenvalue weighted by atomic mass is 10.1. The third-order valence-corrected chi connectivity index (χ3v) is 4.89. The molecule has 0 atom stereocenters. The van der Waals surface area contributed by atoms with Crippen LogP contribution in [0.2, 0.25) is 10.0 Å². The first-order chi connectivity index (χ1) is 15.8. The van der Waals surface area contributed by atoms with E-state index >= 15 is 0 Å². The first-order valence-corrected chi connectivity index (χ1v) is 10.1. The lowest BCUT2D eigenvalue weighted by molar-refractivity contribution is -0.384. The van der Waals surface area contributed by atoms with E-state index in [1.165, 1.54) is 54.6 Å². The Bertz CT molecular complexity index is 1260. The fourth-order valence-electron chi connectivity index (χ4n) is 2.77. The van der Waals surface area contributed by atoms with Gasteiger partial charge < -0.3 is 15.2 Å². The minimum absolute atomic E-state index is 0.00517. The van der Waals surface area contributed by atoms with Gasteiger partial charge in [-0.05, 0) is 53.6 Å². The van der Waals surface area contributed by atoms with E-state index in [2.05, 4.69) is 5.32 Å². The zero-order valence-corrected chi connectivity index (χ0v) is 18.3. The summed E-state index contributed by atoms with van der Waals surface area (Å²) in [6.45, 7) is -0.00517. The van der Waals surface area contributed by atoms with E-state index in [0.717, 1.165) is 0 Å². The highest BCUT2D eigenvalue weighted by Gasteiger charge is 2.14. The van der Waals surface area contributed by atoms with E-state index in [1.807, 2.05) is 6.07 Å². The van der Waals surface area contributed by atoms with E-state index < -0.39 is 10.8 Å². The molecule has 0 bridgehead atoms. The summed E-state index contributed by atoms with van der Waals surface area (Å²) in [6, 6.07) is 16.5. The van der Waals surface area contributed by atoms with Crippen molar-refractivity contribution in [2.45, 2.75) is 6.61 Å². The summed E-state index contributed by atoms with van der Waals surface area (Å²) in [5.74, 6) is -0.448. The van der Waals surface area contributed by atoms with Gasteiger partial charge in [0.2, 0.25) is 0 Å². The molecule has 8 nitrogen and oxygen atoms in total. The maximum absolute atomic E-state index is 12.4. The number of benzene rings is 3. The number of non-ortho nitro benzene ring substituents is 1. The quantitative estimate of drug-likeness (QED) is 0.145. The van der Waals surface area contributed by atoms with E-state index in [4.69, 9.17) is 27.9 Å². The molecule has 0 unspecified atom stereocenters. The SMILES string of the molecule is N#CC(=Cc1cc(Cl)c(OCc2cccc([N+](=O)[O-])c2)c(Cl)c1)C(=O)Nc1ccc(O)cc1. The molecular weight excluding hydrogens is 469 g/mol. The number of hydrogen-bond donors (Lipinski definition) is 2. The second-order valence-corrected chi connectivity index (χ2v) is 7.51. The molecule has 10 heteroatoms. The number of nitriles is 1. The molecule has 3 rings (SSSR count). The molecule has 1 amide bonds. The molecule has 0 aliphatic rings. The maximum Gasteiger partial charge on any atom is 0.269 e. The minimum Gasteiger partial charge on any atom is -0.508 e. The molecule has 0 radical (unpaired) electrons. The van der Waals surface area contributed by atoms with Crippen molar-refractivity contribution in [2.75, 3.05) is 5.32 Å². The summed E-state index contributed by atoms with van der Waals surface area (Å²) in [4.78, 5) is 22.8. The minimum atomic E-state index is -0.651. The first kappa shape index (κ1) is 23.6. The number of phenolic OH excluding ortho intramolecular Hbond substituents is 1. The van der Waals surface area contributed by atoms with Crippen LogP contribution in [0.1, 0.15) is 11.1 Å². The van der Waals surface area contributed by atoms with Crippen LogP contribution in [0.25, 0.3) is 6.08 Å². The third kappa shape index (κ3) is 6.23. The van der Waals surface area contributed by atoms with Gasteiger partial charge in [0.05, 0.1) is 15.0 Å². The van der Waals surface area contributed by atoms with Crippen molar-refractivity contribution in [1.29, 1.82) is 5.26 Å². The molecule has 0 saturated heterocycles. The van der Waals surface area contributed by atoms with Crippen molar-refractivity contribution < 1.29 is 19.6 Å². The largest absolute Gasteiger partial charge is 0.508 e. The van der Waals surface area contributed by atoms with Gasteiger partial charge in [0.1, 0.15) is 24.0 Å². The molecule has 0 aromatic heterocycles. The second-order valence-electron chi connectivity index (χ2n) is 6.70. The normalized spacial score (nSPS) is 10.9. The molecule has 0 aliphatic carbocycles. The number of carbonyl (C=O) groups is 1. The monoisotopic (exact) mass is 483 g/mol. The number of nitro benzene ring substituents is 1. The Kier molecular flexibility index (Phi) is 7.51. The van der Waals surface area contributed by atoms with Crippen molar-refractivity contribution in [3.63, 3.8) is 0 Å². The van der Waals surface area contributed by atoms with E-state index in [0.29, 0.717) is 16.8 Å². The van der Waals surface area contributed by atoms with Crippen LogP contribution < -0.4 is 10.1 Å². The second kappa shape index (κ2) is 10.5. The zero-order chi connectivity index (χ0) is 24.0. The molecule has 0 spiro atoms. The number of nitrogens with one attached hydrogen (secondary N) is 1. The van der Waals surface area contributed by atoms with Crippen molar-refractivity contribution in [3.05, 3.63) is 97.5 Å².